The van der Waals surface area contributed by atoms with Crippen LogP contribution >= 0.6 is 0 Å². The van der Waals surface area contributed by atoms with Crippen LogP contribution in [0.1, 0.15) is 43.0 Å². The number of nitrogens with one attached hydrogen (secondary N) is 2. The molecule has 0 bridgehead atoms. The molecular weight excluding hydrogens is 456 g/mol. The predicted octanol–water partition coefficient (Wildman–Crippen LogP) is 3.56. The van der Waals surface area contributed by atoms with Crippen molar-refractivity contribution < 1.29 is 38.1 Å². The van der Waals surface area contributed by atoms with E-state index in [1.807, 2.05) is 6.92 Å². The fourth-order valence-electron chi connectivity index (χ4n) is 2.86. The lowest BCUT2D eigenvalue weighted by atomic mass is 10.2. The Morgan fingerprint density at radius 2 is 1.66 bits per heavy atom. The van der Waals surface area contributed by atoms with Gasteiger partial charge in [0.05, 0.1) is 38.5 Å². The Bertz CT molecular complexity index is 1040. The third kappa shape index (κ3) is 9.36. The zero-order chi connectivity index (χ0) is 25.6. The van der Waals surface area contributed by atoms with Crippen molar-refractivity contribution in [3.8, 4) is 11.5 Å². The number of carbonyl (C=O) groups is 4. The molecule has 0 saturated heterocycles. The molecule has 2 N–H and O–H groups in total. The van der Waals surface area contributed by atoms with Crippen LogP contribution in [-0.2, 0) is 23.9 Å². The summed E-state index contributed by atoms with van der Waals surface area (Å²) in [7, 11) is 2.96. The molecule has 2 rings (SSSR count). The summed E-state index contributed by atoms with van der Waals surface area (Å²) in [5.41, 5.74) is 1.11. The van der Waals surface area contributed by atoms with E-state index in [0.29, 0.717) is 35.0 Å². The molecule has 0 atom stereocenters. The summed E-state index contributed by atoms with van der Waals surface area (Å²) in [5.74, 6) is -1.23. The monoisotopic (exact) mass is 486 g/mol. The van der Waals surface area contributed by atoms with E-state index in [1.165, 1.54) is 20.3 Å². The summed E-state index contributed by atoms with van der Waals surface area (Å²) < 4.78 is 20.4. The summed E-state index contributed by atoms with van der Waals surface area (Å²) in [6.07, 6.45) is 1.31. The van der Waals surface area contributed by atoms with Crippen LogP contribution in [-0.4, -0.2) is 51.2 Å². The Kier molecular flexibility index (Phi) is 11.1. The van der Waals surface area contributed by atoms with Gasteiger partial charge in [-0.05, 0) is 36.8 Å². The maximum absolute atomic E-state index is 12.2. The van der Waals surface area contributed by atoms with Crippen LogP contribution in [0.4, 0.5) is 11.4 Å². The van der Waals surface area contributed by atoms with Gasteiger partial charge in [0, 0.05) is 18.2 Å². The van der Waals surface area contributed by atoms with Crippen LogP contribution in [0, 0.1) is 0 Å². The van der Waals surface area contributed by atoms with Crippen LogP contribution in [0.25, 0.3) is 0 Å². The van der Waals surface area contributed by atoms with E-state index in [2.05, 4.69) is 10.6 Å². The first-order valence-electron chi connectivity index (χ1n) is 11.1. The molecule has 35 heavy (non-hydrogen) atoms. The Balaban J connectivity index is 1.75. The molecule has 10 heteroatoms. The highest BCUT2D eigenvalue weighted by atomic mass is 16.5. The van der Waals surface area contributed by atoms with Crippen molar-refractivity contribution in [2.75, 3.05) is 38.1 Å². The zero-order valence-electron chi connectivity index (χ0n) is 20.1. The number of rotatable bonds is 13. The minimum atomic E-state index is -0.703. The molecule has 2 aromatic rings. The Morgan fingerprint density at radius 1 is 0.857 bits per heavy atom. The van der Waals surface area contributed by atoms with Gasteiger partial charge in [0.2, 0.25) is 5.91 Å². The number of anilines is 2. The topological polar surface area (TPSA) is 129 Å². The van der Waals surface area contributed by atoms with E-state index in [9.17, 15) is 19.2 Å². The Morgan fingerprint density at radius 3 is 2.37 bits per heavy atom. The van der Waals surface area contributed by atoms with E-state index in [0.717, 1.165) is 12.8 Å². The number of hydrogen-bond acceptors (Lipinski definition) is 8. The molecule has 0 aromatic heterocycles. The SMILES string of the molecule is CCCCOC(=O)c1cccc(NC(=O)CCC(=O)OCC(=O)Nc2ccc(OC)cc2OC)c1. The first kappa shape index (κ1) is 27.2. The summed E-state index contributed by atoms with van der Waals surface area (Å²) in [4.78, 5) is 48.3. The highest BCUT2D eigenvalue weighted by molar-refractivity contribution is 5.96. The van der Waals surface area contributed by atoms with Gasteiger partial charge in [-0.25, -0.2) is 4.79 Å². The lowest BCUT2D eigenvalue weighted by molar-refractivity contribution is -0.147. The molecule has 0 fully saturated rings. The first-order chi connectivity index (χ1) is 16.9. The van der Waals surface area contributed by atoms with E-state index in [-0.39, 0.29) is 12.8 Å². The van der Waals surface area contributed by atoms with E-state index < -0.39 is 30.4 Å². The molecule has 0 spiro atoms. The molecule has 188 valence electrons. The van der Waals surface area contributed by atoms with Gasteiger partial charge in [0.1, 0.15) is 11.5 Å². The minimum Gasteiger partial charge on any atom is -0.497 e. The molecule has 0 aliphatic rings. The summed E-state index contributed by atoms with van der Waals surface area (Å²) >= 11 is 0. The zero-order valence-corrected chi connectivity index (χ0v) is 20.1. The number of benzene rings is 2. The average Bonchev–Trinajstić information content (AvgIpc) is 2.86. The van der Waals surface area contributed by atoms with Crippen LogP contribution < -0.4 is 20.1 Å². The molecule has 2 aromatic carbocycles. The molecule has 0 saturated carbocycles. The number of hydrogen-bond donors (Lipinski definition) is 2. The summed E-state index contributed by atoms with van der Waals surface area (Å²) in [5, 5.41) is 5.20. The number of carbonyl (C=O) groups excluding carboxylic acids is 4. The number of amides is 2. The fourth-order valence-corrected chi connectivity index (χ4v) is 2.86. The number of unbranched alkanes of at least 4 members (excludes halogenated alkanes) is 1. The molecule has 10 nitrogen and oxygen atoms in total. The largest absolute Gasteiger partial charge is 0.497 e. The van der Waals surface area contributed by atoms with Crippen molar-refractivity contribution in [1.82, 2.24) is 0 Å². The van der Waals surface area contributed by atoms with Crippen molar-refractivity contribution >= 4 is 35.1 Å². The maximum Gasteiger partial charge on any atom is 0.338 e. The lowest BCUT2D eigenvalue weighted by Crippen LogP contribution is -2.22. The second-order valence-electron chi connectivity index (χ2n) is 7.39. The van der Waals surface area contributed by atoms with Gasteiger partial charge < -0.3 is 29.6 Å². The van der Waals surface area contributed by atoms with Gasteiger partial charge >= 0.3 is 11.9 Å². The third-order valence-corrected chi connectivity index (χ3v) is 4.72. The van der Waals surface area contributed by atoms with Crippen molar-refractivity contribution in [2.45, 2.75) is 32.6 Å². The quantitative estimate of drug-likeness (QED) is 0.325. The molecule has 0 unspecified atom stereocenters. The predicted molar refractivity (Wildman–Crippen MR) is 129 cm³/mol. The normalized spacial score (nSPS) is 10.1. The van der Waals surface area contributed by atoms with E-state index >= 15 is 0 Å². The second kappa shape index (κ2) is 14.2. The van der Waals surface area contributed by atoms with E-state index in [4.69, 9.17) is 18.9 Å². The third-order valence-electron chi connectivity index (χ3n) is 4.72. The summed E-state index contributed by atoms with van der Waals surface area (Å²) in [6.45, 7) is 1.81. The number of esters is 2. The summed E-state index contributed by atoms with van der Waals surface area (Å²) in [6, 6.07) is 11.2. The van der Waals surface area contributed by atoms with Crippen LogP contribution in [0.5, 0.6) is 11.5 Å². The van der Waals surface area contributed by atoms with Gasteiger partial charge in [-0.3, -0.25) is 14.4 Å². The van der Waals surface area contributed by atoms with Crippen molar-refractivity contribution in [1.29, 1.82) is 0 Å². The van der Waals surface area contributed by atoms with E-state index in [1.54, 1.807) is 36.4 Å². The standard InChI is InChI=1S/C25H30N2O8/c1-4-5-13-34-25(31)17-7-6-8-18(14-17)26-22(28)11-12-24(30)35-16-23(29)27-20-10-9-19(32-2)15-21(20)33-3/h6-10,14-15H,4-5,11-13,16H2,1-3H3,(H,26,28)(H,27,29). The van der Waals surface area contributed by atoms with Crippen LogP contribution in [0.2, 0.25) is 0 Å². The Labute approximate surface area is 203 Å². The smallest absolute Gasteiger partial charge is 0.338 e. The van der Waals surface area contributed by atoms with Crippen molar-refractivity contribution in [2.24, 2.45) is 0 Å². The molecular formula is C25H30N2O8. The van der Waals surface area contributed by atoms with Gasteiger partial charge in [-0.15, -0.1) is 0 Å². The minimum absolute atomic E-state index is 0.155. The average molecular weight is 487 g/mol. The molecule has 0 radical (unpaired) electrons. The lowest BCUT2D eigenvalue weighted by Gasteiger charge is -2.12. The first-order valence-corrected chi connectivity index (χ1v) is 11.1. The molecule has 0 aliphatic carbocycles. The maximum atomic E-state index is 12.2. The molecule has 0 heterocycles. The number of ether oxygens (including phenoxy) is 4. The van der Waals surface area contributed by atoms with Crippen LogP contribution in [0.3, 0.4) is 0 Å². The van der Waals surface area contributed by atoms with Gasteiger partial charge in [0.15, 0.2) is 6.61 Å². The highest BCUT2D eigenvalue weighted by Crippen LogP contribution is 2.28. The molecule has 2 amide bonds. The number of methoxy groups -OCH3 is 2. The Hall–Kier alpha value is -4.08. The van der Waals surface area contributed by atoms with Crippen LogP contribution in [0.15, 0.2) is 42.5 Å². The van der Waals surface area contributed by atoms with Crippen molar-refractivity contribution in [3.05, 3.63) is 48.0 Å². The highest BCUT2D eigenvalue weighted by Gasteiger charge is 2.14. The van der Waals surface area contributed by atoms with Crippen molar-refractivity contribution in [3.63, 3.8) is 0 Å². The van der Waals surface area contributed by atoms with Gasteiger partial charge in [-0.2, -0.15) is 0 Å². The van der Waals surface area contributed by atoms with Gasteiger partial charge in [-0.1, -0.05) is 19.4 Å². The fraction of sp³-hybridized carbons (Fsp3) is 0.360. The van der Waals surface area contributed by atoms with Gasteiger partial charge in [0.25, 0.3) is 5.91 Å². The molecule has 0 aliphatic heterocycles. The second-order valence-corrected chi connectivity index (χ2v) is 7.39.